The Morgan fingerprint density at radius 3 is 2.45 bits per heavy atom. The number of allylic oxidation sites excluding steroid dienone is 2. The topological polar surface area (TPSA) is 84.4 Å². The van der Waals surface area contributed by atoms with Crippen LogP contribution >= 0.6 is 11.6 Å². The monoisotopic (exact) mass is 322 g/mol. The summed E-state index contributed by atoms with van der Waals surface area (Å²) >= 11 is 6.04. The van der Waals surface area contributed by atoms with Gasteiger partial charge in [0.1, 0.15) is 10.7 Å². The van der Waals surface area contributed by atoms with Gasteiger partial charge in [-0.1, -0.05) is 11.6 Å². The van der Waals surface area contributed by atoms with E-state index in [1.165, 1.54) is 12.4 Å². The van der Waals surface area contributed by atoms with Crippen molar-refractivity contribution < 1.29 is 14.3 Å². The number of morpholine rings is 1. The zero-order valence-electron chi connectivity index (χ0n) is 11.8. The number of halogens is 1. The van der Waals surface area contributed by atoms with E-state index in [-0.39, 0.29) is 27.6 Å². The number of Topliss-reactive ketones (excluding diaryl/α,β-unsaturated/α-hetero) is 2. The van der Waals surface area contributed by atoms with E-state index in [4.69, 9.17) is 16.3 Å². The number of hydrogen-bond donors (Lipinski definition) is 1. The Morgan fingerprint density at radius 1 is 1.14 bits per heavy atom. The van der Waals surface area contributed by atoms with Crippen LogP contribution in [0.2, 0.25) is 0 Å². The zero-order chi connectivity index (χ0) is 15.5. The summed E-state index contributed by atoms with van der Waals surface area (Å²) in [5, 5.41) is 10.2. The maximum atomic E-state index is 12.4. The van der Waals surface area contributed by atoms with E-state index < -0.39 is 5.78 Å². The molecule has 1 saturated heterocycles. The molecule has 7 nitrogen and oxygen atoms in total. The van der Waals surface area contributed by atoms with Gasteiger partial charge < -0.3 is 10.1 Å². The average molecular weight is 323 g/mol. The van der Waals surface area contributed by atoms with Crippen molar-refractivity contribution in [3.8, 4) is 0 Å². The molecule has 0 bridgehead atoms. The molecule has 0 saturated carbocycles. The summed E-state index contributed by atoms with van der Waals surface area (Å²) in [7, 11) is 0. The van der Waals surface area contributed by atoms with Crippen molar-refractivity contribution >= 4 is 23.2 Å². The molecule has 0 spiro atoms. The summed E-state index contributed by atoms with van der Waals surface area (Å²) in [5.74, 6) is -0.725. The summed E-state index contributed by atoms with van der Waals surface area (Å²) in [5.41, 5.74) is 0.572. The Bertz CT molecular complexity index is 641. The lowest BCUT2D eigenvalue weighted by molar-refractivity contribution is 0.0386. The number of nitrogens with one attached hydrogen (secondary N) is 1. The lowest BCUT2D eigenvalue weighted by atomic mass is 9.95. The molecule has 0 unspecified atom stereocenters. The van der Waals surface area contributed by atoms with Crippen molar-refractivity contribution in [2.75, 3.05) is 39.4 Å². The van der Waals surface area contributed by atoms with Crippen LogP contribution < -0.4 is 5.32 Å². The predicted octanol–water partition coefficient (Wildman–Crippen LogP) is 0.228. The number of rotatable bonds is 4. The summed E-state index contributed by atoms with van der Waals surface area (Å²) in [6.07, 6.45) is 2.56. The van der Waals surface area contributed by atoms with E-state index in [9.17, 15) is 9.59 Å². The maximum absolute atomic E-state index is 12.4. The Kier molecular flexibility index (Phi) is 4.47. The minimum absolute atomic E-state index is 0.0903. The third-order valence-corrected chi connectivity index (χ3v) is 4.06. The minimum Gasteiger partial charge on any atom is -0.379 e. The third kappa shape index (κ3) is 2.87. The number of hydrogen-bond acceptors (Lipinski definition) is 7. The van der Waals surface area contributed by atoms with Crippen LogP contribution in [-0.2, 0) is 4.74 Å². The van der Waals surface area contributed by atoms with Crippen LogP contribution in [0.5, 0.6) is 0 Å². The van der Waals surface area contributed by atoms with Crippen molar-refractivity contribution in [3.05, 3.63) is 34.2 Å². The second-order valence-electron chi connectivity index (χ2n) is 5.04. The molecule has 1 aromatic heterocycles. The molecule has 2 heterocycles. The van der Waals surface area contributed by atoms with Crippen molar-refractivity contribution in [1.82, 2.24) is 20.4 Å². The van der Waals surface area contributed by atoms with Crippen LogP contribution in [-0.4, -0.2) is 66.1 Å². The van der Waals surface area contributed by atoms with Crippen LogP contribution in [0.25, 0.3) is 0 Å². The van der Waals surface area contributed by atoms with E-state index in [1.54, 1.807) is 0 Å². The summed E-state index contributed by atoms with van der Waals surface area (Å²) < 4.78 is 5.28. The van der Waals surface area contributed by atoms with Crippen molar-refractivity contribution in [2.45, 2.75) is 0 Å². The normalized spacial score (nSPS) is 19.3. The van der Waals surface area contributed by atoms with Crippen LogP contribution in [0.1, 0.15) is 20.7 Å². The molecule has 1 aliphatic heterocycles. The first-order valence-corrected chi connectivity index (χ1v) is 7.40. The Morgan fingerprint density at radius 2 is 1.77 bits per heavy atom. The highest BCUT2D eigenvalue weighted by Crippen LogP contribution is 2.25. The number of carbonyl (C=O) groups excluding carboxylic acids is 2. The number of aromatic nitrogens is 2. The molecular weight excluding hydrogens is 308 g/mol. The van der Waals surface area contributed by atoms with Crippen LogP contribution in [0.15, 0.2) is 23.1 Å². The van der Waals surface area contributed by atoms with Gasteiger partial charge in [0.15, 0.2) is 0 Å². The van der Waals surface area contributed by atoms with Gasteiger partial charge in [-0.25, -0.2) is 0 Å². The lowest BCUT2D eigenvalue weighted by Gasteiger charge is -2.27. The smallest absolute Gasteiger partial charge is 0.212 e. The molecule has 3 rings (SSSR count). The first-order chi connectivity index (χ1) is 10.7. The van der Waals surface area contributed by atoms with Gasteiger partial charge in [0.2, 0.25) is 11.6 Å². The van der Waals surface area contributed by atoms with Gasteiger partial charge >= 0.3 is 0 Å². The molecule has 22 heavy (non-hydrogen) atoms. The number of ether oxygens (including phenoxy) is 1. The van der Waals surface area contributed by atoms with E-state index in [2.05, 4.69) is 20.4 Å². The fourth-order valence-electron chi connectivity index (χ4n) is 2.47. The molecular formula is C14H15ClN4O3. The molecule has 116 valence electrons. The standard InChI is InChI=1S/C14H15ClN4O3/c15-11-12(16-1-2-19-3-5-22-6-4-19)14(21)10-8-18-17-7-9(10)13(11)20/h7-8,16H,1-6H2. The zero-order valence-corrected chi connectivity index (χ0v) is 12.6. The van der Waals surface area contributed by atoms with E-state index in [1.807, 2.05) is 0 Å². The van der Waals surface area contributed by atoms with Crippen molar-refractivity contribution in [2.24, 2.45) is 0 Å². The van der Waals surface area contributed by atoms with Crippen molar-refractivity contribution in [3.63, 3.8) is 0 Å². The number of nitrogens with zero attached hydrogens (tertiary/aromatic N) is 3. The minimum atomic E-state index is -0.403. The molecule has 8 heteroatoms. The Balaban J connectivity index is 1.69. The second-order valence-corrected chi connectivity index (χ2v) is 5.42. The van der Waals surface area contributed by atoms with Gasteiger partial charge in [0.05, 0.1) is 36.7 Å². The van der Waals surface area contributed by atoms with Gasteiger partial charge in [0.25, 0.3) is 0 Å². The van der Waals surface area contributed by atoms with E-state index >= 15 is 0 Å². The van der Waals surface area contributed by atoms with Gasteiger partial charge in [-0.3, -0.25) is 14.5 Å². The summed E-state index contributed by atoms with van der Waals surface area (Å²) in [6, 6.07) is 0. The van der Waals surface area contributed by atoms with Gasteiger partial charge in [-0.05, 0) is 0 Å². The highest BCUT2D eigenvalue weighted by molar-refractivity contribution is 6.49. The molecule has 1 N–H and O–H groups in total. The quantitative estimate of drug-likeness (QED) is 0.849. The molecule has 0 atom stereocenters. The molecule has 1 aliphatic carbocycles. The molecule has 0 aromatic carbocycles. The molecule has 0 amide bonds. The second kappa shape index (κ2) is 6.51. The molecule has 1 fully saturated rings. The van der Waals surface area contributed by atoms with E-state index in [0.29, 0.717) is 19.8 Å². The number of ketones is 2. The molecule has 0 radical (unpaired) electrons. The predicted molar refractivity (Wildman–Crippen MR) is 78.8 cm³/mol. The largest absolute Gasteiger partial charge is 0.379 e. The van der Waals surface area contributed by atoms with Crippen LogP contribution in [0.4, 0.5) is 0 Å². The van der Waals surface area contributed by atoms with Gasteiger partial charge in [0, 0.05) is 26.2 Å². The van der Waals surface area contributed by atoms with Crippen LogP contribution in [0, 0.1) is 0 Å². The number of carbonyl (C=O) groups is 2. The average Bonchev–Trinajstić information content (AvgIpc) is 2.57. The van der Waals surface area contributed by atoms with Crippen LogP contribution in [0.3, 0.4) is 0 Å². The summed E-state index contributed by atoms with van der Waals surface area (Å²) in [4.78, 5) is 26.8. The van der Waals surface area contributed by atoms with Gasteiger partial charge in [-0.15, -0.1) is 0 Å². The first kappa shape index (κ1) is 15.1. The van der Waals surface area contributed by atoms with Gasteiger partial charge in [-0.2, -0.15) is 10.2 Å². The lowest BCUT2D eigenvalue weighted by Crippen LogP contribution is -2.41. The van der Waals surface area contributed by atoms with E-state index in [0.717, 1.165) is 19.6 Å². The van der Waals surface area contributed by atoms with Crippen molar-refractivity contribution in [1.29, 1.82) is 0 Å². The Hall–Kier alpha value is -1.83. The maximum Gasteiger partial charge on any atom is 0.212 e. The number of fused-ring (bicyclic) bond motifs is 1. The Labute approximate surface area is 132 Å². The fourth-order valence-corrected chi connectivity index (χ4v) is 2.73. The highest BCUT2D eigenvalue weighted by Gasteiger charge is 2.31. The molecule has 1 aromatic rings. The SMILES string of the molecule is O=C1C(Cl)=C(NCCN2CCOCC2)C(=O)c2cnncc21. The molecule has 2 aliphatic rings. The first-order valence-electron chi connectivity index (χ1n) is 7.02. The third-order valence-electron chi connectivity index (χ3n) is 3.70. The highest BCUT2D eigenvalue weighted by atomic mass is 35.5. The summed E-state index contributed by atoms with van der Waals surface area (Å²) in [6.45, 7) is 4.43. The fraction of sp³-hybridized carbons (Fsp3) is 0.429.